The number of rotatable bonds is 5. The van der Waals surface area contributed by atoms with Crippen LogP contribution >= 0.6 is 0 Å². The third-order valence-electron chi connectivity index (χ3n) is 12.3. The lowest BCUT2D eigenvalue weighted by molar-refractivity contribution is 0.669. The smallest absolute Gasteiger partial charge is 0.167 e. The number of aromatic nitrogens is 3. The van der Waals surface area contributed by atoms with Gasteiger partial charge in [0.1, 0.15) is 22.3 Å². The lowest BCUT2D eigenvalue weighted by Gasteiger charge is -2.12. The number of nitrogens with zero attached hydrogens (tertiary/aromatic N) is 3. The van der Waals surface area contributed by atoms with Crippen molar-refractivity contribution in [3.05, 3.63) is 200 Å². The zero-order valence-corrected chi connectivity index (χ0v) is 33.2. The van der Waals surface area contributed by atoms with Crippen molar-refractivity contribution in [3.8, 4) is 56.4 Å². The monoisotopic (exact) mass is 791 g/mol. The molecule has 5 nitrogen and oxygen atoms in total. The fourth-order valence-corrected chi connectivity index (χ4v) is 9.40. The van der Waals surface area contributed by atoms with E-state index < -0.39 is 0 Å². The Bertz CT molecular complexity index is 3890. The first kappa shape index (κ1) is 34.5. The van der Waals surface area contributed by atoms with Crippen LogP contribution in [0, 0.1) is 0 Å². The standard InChI is InChI=1S/C57H33N3O2/c1-2-12-35(13-3-1)55-58-56(60-57(59-55)47-21-10-20-46-45-18-8-9-22-50(45)62-54(46)47)36-26-24-34(25-27-36)39-19-11-23-52-53(39)49-33-38(29-31-51(49)61-52)37-28-30-44-42-16-5-4-14-40(42)41-15-6-7-17-43(41)48(44)32-37/h1-33H. The van der Waals surface area contributed by atoms with E-state index >= 15 is 0 Å². The van der Waals surface area contributed by atoms with E-state index in [1.54, 1.807) is 0 Å². The SMILES string of the molecule is c1ccc(-c2nc(-c3ccc(-c4cccc5oc6ccc(-c7ccc8c9ccccc9c9ccccc9c8c7)cc6c45)cc3)nc(-c3cccc4c3oc3ccccc34)n2)cc1. The minimum Gasteiger partial charge on any atom is -0.456 e. The summed E-state index contributed by atoms with van der Waals surface area (Å²) in [7, 11) is 0. The molecule has 0 saturated carbocycles. The second-order valence-electron chi connectivity index (χ2n) is 15.9. The summed E-state index contributed by atoms with van der Waals surface area (Å²) in [5.41, 5.74) is 10.4. The van der Waals surface area contributed by atoms with Crippen molar-refractivity contribution in [2.75, 3.05) is 0 Å². The fourth-order valence-electron chi connectivity index (χ4n) is 9.40. The van der Waals surface area contributed by atoms with E-state index in [4.69, 9.17) is 23.8 Å². The van der Waals surface area contributed by atoms with Crippen LogP contribution in [0.15, 0.2) is 209 Å². The summed E-state index contributed by atoms with van der Waals surface area (Å²) >= 11 is 0. The molecule has 288 valence electrons. The third-order valence-corrected chi connectivity index (χ3v) is 12.3. The average Bonchev–Trinajstić information content (AvgIpc) is 3.93. The summed E-state index contributed by atoms with van der Waals surface area (Å²) in [5, 5.41) is 11.8. The van der Waals surface area contributed by atoms with Crippen molar-refractivity contribution in [2.45, 2.75) is 0 Å². The van der Waals surface area contributed by atoms with Crippen molar-refractivity contribution >= 4 is 76.2 Å². The number of fused-ring (bicyclic) bond motifs is 12. The van der Waals surface area contributed by atoms with Crippen LogP contribution in [0.5, 0.6) is 0 Å². The molecule has 0 saturated heterocycles. The lowest BCUT2D eigenvalue weighted by atomic mass is 9.91. The molecule has 0 atom stereocenters. The summed E-state index contributed by atoms with van der Waals surface area (Å²) in [6, 6.07) is 70.0. The van der Waals surface area contributed by atoms with Crippen LogP contribution in [-0.4, -0.2) is 15.0 Å². The number of para-hydroxylation sites is 2. The molecule has 0 spiro atoms. The zero-order chi connectivity index (χ0) is 40.7. The van der Waals surface area contributed by atoms with Gasteiger partial charge in [0.25, 0.3) is 0 Å². The maximum atomic E-state index is 6.50. The lowest BCUT2D eigenvalue weighted by Crippen LogP contribution is -2.00. The maximum Gasteiger partial charge on any atom is 0.167 e. The highest BCUT2D eigenvalue weighted by molar-refractivity contribution is 6.26. The van der Waals surface area contributed by atoms with Crippen molar-refractivity contribution in [3.63, 3.8) is 0 Å². The molecule has 0 amide bonds. The molecular weight excluding hydrogens is 759 g/mol. The van der Waals surface area contributed by atoms with E-state index in [1.807, 2.05) is 60.7 Å². The topological polar surface area (TPSA) is 65.0 Å². The molecule has 0 aliphatic carbocycles. The van der Waals surface area contributed by atoms with Gasteiger partial charge < -0.3 is 8.83 Å². The maximum absolute atomic E-state index is 6.50. The van der Waals surface area contributed by atoms with Gasteiger partial charge in [-0.3, -0.25) is 0 Å². The van der Waals surface area contributed by atoms with Gasteiger partial charge in [-0.25, -0.2) is 15.0 Å². The highest BCUT2D eigenvalue weighted by Crippen LogP contribution is 2.42. The molecule has 0 aliphatic heterocycles. The molecule has 13 rings (SSSR count). The average molecular weight is 792 g/mol. The summed E-state index contributed by atoms with van der Waals surface area (Å²) < 4.78 is 12.9. The third kappa shape index (κ3) is 5.38. The molecule has 0 N–H and O–H groups in total. The Morgan fingerprint density at radius 2 is 0.742 bits per heavy atom. The zero-order valence-electron chi connectivity index (χ0n) is 33.2. The predicted octanol–water partition coefficient (Wildman–Crippen LogP) is 15.5. The van der Waals surface area contributed by atoms with E-state index in [9.17, 15) is 0 Å². The van der Waals surface area contributed by atoms with Crippen LogP contribution in [0.1, 0.15) is 0 Å². The molecule has 0 aliphatic rings. The first-order chi connectivity index (χ1) is 30.7. The molecule has 13 aromatic rings. The molecular formula is C57H33N3O2. The van der Waals surface area contributed by atoms with Crippen molar-refractivity contribution in [1.82, 2.24) is 15.0 Å². The van der Waals surface area contributed by atoms with Crippen LogP contribution in [0.25, 0.3) is 133 Å². The van der Waals surface area contributed by atoms with Gasteiger partial charge >= 0.3 is 0 Å². The van der Waals surface area contributed by atoms with E-state index in [0.717, 1.165) is 77.3 Å². The Labute approximate surface area is 355 Å². The largest absolute Gasteiger partial charge is 0.456 e. The summed E-state index contributed by atoms with van der Waals surface area (Å²) in [5.74, 6) is 1.74. The molecule has 3 aromatic heterocycles. The van der Waals surface area contributed by atoms with Gasteiger partial charge in [0.2, 0.25) is 0 Å². The van der Waals surface area contributed by atoms with Crippen LogP contribution < -0.4 is 0 Å². The molecule has 0 radical (unpaired) electrons. The summed E-state index contributed by atoms with van der Waals surface area (Å²) in [4.78, 5) is 15.1. The molecule has 0 bridgehead atoms. The Morgan fingerprint density at radius 3 is 1.48 bits per heavy atom. The van der Waals surface area contributed by atoms with Crippen LogP contribution in [0.2, 0.25) is 0 Å². The molecule has 0 unspecified atom stereocenters. The van der Waals surface area contributed by atoms with E-state index in [-0.39, 0.29) is 0 Å². The van der Waals surface area contributed by atoms with E-state index in [2.05, 4.69) is 140 Å². The minimum absolute atomic E-state index is 0.556. The fraction of sp³-hybridized carbons (Fsp3) is 0. The Hall–Kier alpha value is -8.41. The van der Waals surface area contributed by atoms with Crippen molar-refractivity contribution in [2.24, 2.45) is 0 Å². The van der Waals surface area contributed by atoms with Crippen molar-refractivity contribution in [1.29, 1.82) is 0 Å². The Balaban J connectivity index is 0.920. The number of hydrogen-bond acceptors (Lipinski definition) is 5. The number of furan rings is 2. The van der Waals surface area contributed by atoms with Crippen LogP contribution in [-0.2, 0) is 0 Å². The summed E-state index contributed by atoms with van der Waals surface area (Å²) in [6.07, 6.45) is 0. The first-order valence-electron chi connectivity index (χ1n) is 20.8. The van der Waals surface area contributed by atoms with Crippen LogP contribution in [0.4, 0.5) is 0 Å². The molecule has 62 heavy (non-hydrogen) atoms. The van der Waals surface area contributed by atoms with Gasteiger partial charge in [-0.2, -0.15) is 0 Å². The minimum atomic E-state index is 0.556. The van der Waals surface area contributed by atoms with Gasteiger partial charge in [-0.1, -0.05) is 164 Å². The highest BCUT2D eigenvalue weighted by atomic mass is 16.3. The van der Waals surface area contributed by atoms with Crippen LogP contribution in [0.3, 0.4) is 0 Å². The van der Waals surface area contributed by atoms with Crippen molar-refractivity contribution < 1.29 is 8.83 Å². The number of hydrogen-bond donors (Lipinski definition) is 0. The van der Waals surface area contributed by atoms with Gasteiger partial charge in [0, 0.05) is 32.7 Å². The van der Waals surface area contributed by atoms with Gasteiger partial charge in [0.05, 0.1) is 5.56 Å². The molecule has 5 heteroatoms. The summed E-state index contributed by atoms with van der Waals surface area (Å²) in [6.45, 7) is 0. The molecule has 0 fully saturated rings. The first-order valence-corrected chi connectivity index (χ1v) is 20.8. The molecule has 3 heterocycles. The molecule has 10 aromatic carbocycles. The highest BCUT2D eigenvalue weighted by Gasteiger charge is 2.19. The van der Waals surface area contributed by atoms with Gasteiger partial charge in [-0.15, -0.1) is 0 Å². The Kier molecular flexibility index (Phi) is 7.54. The van der Waals surface area contributed by atoms with Gasteiger partial charge in [-0.05, 0) is 91.0 Å². The normalized spacial score (nSPS) is 11.9. The van der Waals surface area contributed by atoms with Gasteiger partial charge in [0.15, 0.2) is 17.5 Å². The Morgan fingerprint density at radius 1 is 0.258 bits per heavy atom. The number of benzene rings is 10. The van der Waals surface area contributed by atoms with E-state index in [0.29, 0.717) is 17.5 Å². The quantitative estimate of drug-likeness (QED) is 0.162. The van der Waals surface area contributed by atoms with E-state index in [1.165, 1.54) is 37.9 Å². The second-order valence-corrected chi connectivity index (χ2v) is 15.9. The second kappa shape index (κ2) is 13.6. The predicted molar refractivity (Wildman–Crippen MR) is 254 cm³/mol.